The van der Waals surface area contributed by atoms with Crippen molar-refractivity contribution < 1.29 is 5.21 Å². The van der Waals surface area contributed by atoms with E-state index in [2.05, 4.69) is 0 Å². The van der Waals surface area contributed by atoms with Gasteiger partial charge in [0.15, 0.2) is 5.34 Å². The molecule has 0 aliphatic carbocycles. The maximum absolute atomic E-state index is 8.11. The van der Waals surface area contributed by atoms with E-state index < -0.39 is 0 Å². The van der Waals surface area contributed by atoms with Crippen LogP contribution in [0.3, 0.4) is 0 Å². The predicted octanol–water partition coefficient (Wildman–Crippen LogP) is -1.04. The predicted molar refractivity (Wildman–Crippen MR) is 17.5 cm³/mol. The third-order valence-electron chi connectivity index (χ3n) is 0. The van der Waals surface area contributed by atoms with E-state index in [9.17, 15) is 0 Å². The first-order valence-corrected chi connectivity index (χ1v) is 0.383. The van der Waals surface area contributed by atoms with Gasteiger partial charge in [0, 0.05) is 0 Å². The SMILES string of the molecule is O=NO.[GaH3]. The van der Waals surface area contributed by atoms with E-state index >= 15 is 0 Å². The molecule has 0 amide bonds. The fraction of sp³-hybridized carbons (Fsp3) is 0. The Morgan fingerprint density at radius 1 is 1.75 bits per heavy atom. The van der Waals surface area contributed by atoms with E-state index in [-0.39, 0.29) is 19.8 Å². The summed E-state index contributed by atoms with van der Waals surface area (Å²) in [6.07, 6.45) is 0. The van der Waals surface area contributed by atoms with Crippen LogP contribution in [0, 0.1) is 4.91 Å². The molecule has 0 aromatic carbocycles. The van der Waals surface area contributed by atoms with Gasteiger partial charge >= 0.3 is 19.8 Å². The minimum atomic E-state index is 0. The van der Waals surface area contributed by atoms with Crippen molar-refractivity contribution in [3.8, 4) is 0 Å². The fourth-order valence-electron chi connectivity index (χ4n) is 0. The Labute approximate surface area is 36.0 Å². The van der Waals surface area contributed by atoms with Crippen molar-refractivity contribution in [1.82, 2.24) is 0 Å². The molecule has 0 fully saturated rings. The first-order valence-electron chi connectivity index (χ1n) is 0.383. The Kier molecular flexibility index (Phi) is 26.3. The third-order valence-corrected chi connectivity index (χ3v) is 0. The van der Waals surface area contributed by atoms with E-state index in [1.54, 1.807) is 0 Å². The number of hydrogen-bond acceptors (Lipinski definition) is 2. The minimum absolute atomic E-state index is 0. The Hall–Kier alpha value is 0.0364. The van der Waals surface area contributed by atoms with Crippen molar-refractivity contribution in [3.05, 3.63) is 4.91 Å². The van der Waals surface area contributed by atoms with Gasteiger partial charge in [-0.15, -0.1) is 4.91 Å². The molecule has 0 saturated carbocycles. The topological polar surface area (TPSA) is 49.7 Å². The number of nitrogens with zero attached hydrogens (tertiary/aromatic N) is 1. The van der Waals surface area contributed by atoms with E-state index in [0.29, 0.717) is 0 Å². The maximum atomic E-state index is 8.11. The first kappa shape index (κ1) is 8.97. The molecule has 0 spiro atoms. The van der Waals surface area contributed by atoms with Crippen LogP contribution in [-0.4, -0.2) is 25.0 Å². The molecular formula is H4GaNO2. The molecule has 0 aromatic heterocycles. The number of hydrogen-bond donors (Lipinski definition) is 1. The van der Waals surface area contributed by atoms with Gasteiger partial charge in [0.2, 0.25) is 0 Å². The van der Waals surface area contributed by atoms with Gasteiger partial charge in [-0.3, -0.25) is 0 Å². The van der Waals surface area contributed by atoms with Crippen LogP contribution in [0.1, 0.15) is 0 Å². The van der Waals surface area contributed by atoms with Crippen LogP contribution in [0.15, 0.2) is 5.34 Å². The molecule has 0 rings (SSSR count). The quantitative estimate of drug-likeness (QED) is 0.252. The summed E-state index contributed by atoms with van der Waals surface area (Å²) < 4.78 is 0. The van der Waals surface area contributed by atoms with E-state index in [1.165, 1.54) is 5.34 Å². The molecule has 0 bridgehead atoms. The molecule has 0 heterocycles. The van der Waals surface area contributed by atoms with Crippen molar-refractivity contribution in [1.29, 1.82) is 0 Å². The second kappa shape index (κ2) is 11.7. The molecule has 0 saturated heterocycles. The molecule has 0 aliphatic rings. The van der Waals surface area contributed by atoms with E-state index in [4.69, 9.17) is 10.1 Å². The summed E-state index contributed by atoms with van der Waals surface area (Å²) in [5, 5.41) is 7.89. The normalized spacial score (nSPS) is 3.00. The Balaban J connectivity index is 0. The van der Waals surface area contributed by atoms with Crippen LogP contribution < -0.4 is 0 Å². The molecule has 1 N–H and O–H groups in total. The van der Waals surface area contributed by atoms with Gasteiger partial charge in [-0.2, -0.15) is 0 Å². The fourth-order valence-corrected chi connectivity index (χ4v) is 0. The van der Waals surface area contributed by atoms with Crippen LogP contribution in [0.25, 0.3) is 0 Å². The molecule has 0 unspecified atom stereocenters. The number of rotatable bonds is 0. The average molecular weight is 120 g/mol. The van der Waals surface area contributed by atoms with E-state index in [1.807, 2.05) is 0 Å². The molecule has 0 aliphatic heterocycles. The Bertz CT molecular complexity index is 13.5. The van der Waals surface area contributed by atoms with Gasteiger partial charge < -0.3 is 5.21 Å². The van der Waals surface area contributed by atoms with Crippen molar-refractivity contribution in [3.63, 3.8) is 0 Å². The van der Waals surface area contributed by atoms with Crippen LogP contribution >= 0.6 is 0 Å². The van der Waals surface area contributed by atoms with Gasteiger partial charge in [-0.1, -0.05) is 0 Å². The second-order valence-corrected chi connectivity index (χ2v) is 0.0816. The monoisotopic (exact) mass is 119 g/mol. The zero-order valence-corrected chi connectivity index (χ0v) is 1.30. The van der Waals surface area contributed by atoms with Crippen molar-refractivity contribution in [2.24, 2.45) is 5.34 Å². The second-order valence-electron chi connectivity index (χ2n) is 0.0816. The molecule has 0 atom stereocenters. The zero-order chi connectivity index (χ0) is 2.71. The van der Waals surface area contributed by atoms with Gasteiger partial charge in [0.05, 0.1) is 0 Å². The summed E-state index contributed by atoms with van der Waals surface area (Å²) in [7, 11) is 0. The third kappa shape index (κ3) is 1650. The van der Waals surface area contributed by atoms with Gasteiger partial charge in [-0.25, -0.2) is 0 Å². The van der Waals surface area contributed by atoms with Crippen LogP contribution in [0.4, 0.5) is 0 Å². The summed E-state index contributed by atoms with van der Waals surface area (Å²) in [4.78, 5) is 8.11. The molecule has 0 aromatic rings. The van der Waals surface area contributed by atoms with Gasteiger partial charge in [0.25, 0.3) is 0 Å². The molecule has 4 heteroatoms. The van der Waals surface area contributed by atoms with Gasteiger partial charge in [0.1, 0.15) is 0 Å². The molecule has 24 valence electrons. The molecule has 3 nitrogen and oxygen atoms in total. The van der Waals surface area contributed by atoms with Crippen LogP contribution in [0.2, 0.25) is 0 Å². The standard InChI is InChI=1S/Ga.HNO2.3H/c;2-1-3;;;/h;(H,2,3);;;. The van der Waals surface area contributed by atoms with E-state index in [0.717, 1.165) is 0 Å². The zero-order valence-electron chi connectivity index (χ0n) is 1.30. The van der Waals surface area contributed by atoms with Crippen molar-refractivity contribution >= 4 is 19.8 Å². The Morgan fingerprint density at radius 2 is 1.75 bits per heavy atom. The average Bonchev–Trinajstić information content (AvgIpc) is 0.918. The summed E-state index contributed by atoms with van der Waals surface area (Å²) in [6.45, 7) is 0. The van der Waals surface area contributed by atoms with Crippen molar-refractivity contribution in [2.75, 3.05) is 0 Å². The molecule has 4 heavy (non-hydrogen) atoms. The summed E-state index contributed by atoms with van der Waals surface area (Å²) in [5.41, 5.74) is 0. The Morgan fingerprint density at radius 3 is 1.75 bits per heavy atom. The van der Waals surface area contributed by atoms with Crippen LogP contribution in [-0.2, 0) is 0 Å². The molecular weight excluding hydrogens is 116 g/mol. The van der Waals surface area contributed by atoms with Crippen LogP contribution in [0.5, 0.6) is 0 Å². The first-order chi connectivity index (χ1) is 1.41. The molecule has 0 radical (unpaired) electrons. The summed E-state index contributed by atoms with van der Waals surface area (Å²) >= 11 is 0. The van der Waals surface area contributed by atoms with Gasteiger partial charge in [-0.05, 0) is 0 Å². The summed E-state index contributed by atoms with van der Waals surface area (Å²) in [5.74, 6) is 0. The van der Waals surface area contributed by atoms with Crippen molar-refractivity contribution in [2.45, 2.75) is 0 Å². The summed E-state index contributed by atoms with van der Waals surface area (Å²) in [6, 6.07) is 0.